The molecule has 0 aliphatic carbocycles. The molecule has 1 saturated heterocycles. The predicted molar refractivity (Wildman–Crippen MR) is 69.6 cm³/mol. The number of rotatable bonds is 8. The van der Waals surface area contributed by atoms with Gasteiger partial charge in [0.05, 0.1) is 18.8 Å². The summed E-state index contributed by atoms with van der Waals surface area (Å²) in [6, 6.07) is -0.313. The van der Waals surface area contributed by atoms with E-state index in [1.807, 2.05) is 0 Å². The lowest BCUT2D eigenvalue weighted by Gasteiger charge is -2.07. The molecule has 108 valence electrons. The summed E-state index contributed by atoms with van der Waals surface area (Å²) in [4.78, 5) is 4.31. The molecule has 6 heteroatoms. The first-order valence-corrected chi connectivity index (χ1v) is 7.07. The average molecular weight is 269 g/mol. The van der Waals surface area contributed by atoms with Gasteiger partial charge < -0.3 is 19.7 Å². The summed E-state index contributed by atoms with van der Waals surface area (Å²) in [5.74, 6) is 1.16. The molecule has 0 radical (unpaired) electrons. The zero-order valence-corrected chi connectivity index (χ0v) is 11.5. The number of aromatic nitrogens is 2. The van der Waals surface area contributed by atoms with Crippen molar-refractivity contribution in [2.45, 2.75) is 51.2 Å². The van der Waals surface area contributed by atoms with E-state index in [1.165, 1.54) is 0 Å². The highest BCUT2D eigenvalue weighted by Gasteiger charge is 2.18. The first-order valence-electron chi connectivity index (χ1n) is 7.07. The van der Waals surface area contributed by atoms with E-state index in [1.54, 1.807) is 0 Å². The minimum atomic E-state index is -0.313. The van der Waals surface area contributed by atoms with Crippen molar-refractivity contribution in [3.63, 3.8) is 0 Å². The molecule has 0 spiro atoms. The van der Waals surface area contributed by atoms with Crippen LogP contribution in [0, 0.1) is 0 Å². The highest BCUT2D eigenvalue weighted by atomic mass is 16.5. The topological polar surface area (TPSA) is 83.4 Å². The molecule has 6 nitrogen and oxygen atoms in total. The van der Waals surface area contributed by atoms with Gasteiger partial charge in [0.25, 0.3) is 0 Å². The maximum Gasteiger partial charge on any atom is 0.226 e. The fourth-order valence-corrected chi connectivity index (χ4v) is 2.11. The Bertz CT molecular complexity index is 364. The summed E-state index contributed by atoms with van der Waals surface area (Å²) in [6.07, 6.45) is 5.29. The first-order chi connectivity index (χ1) is 9.29. The largest absolute Gasteiger partial charge is 0.379 e. The van der Waals surface area contributed by atoms with Gasteiger partial charge in [0.1, 0.15) is 0 Å². The second-order valence-electron chi connectivity index (χ2n) is 4.90. The maximum absolute atomic E-state index is 5.93. The maximum atomic E-state index is 5.93. The highest BCUT2D eigenvalue weighted by Crippen LogP contribution is 2.17. The van der Waals surface area contributed by atoms with E-state index in [0.29, 0.717) is 31.0 Å². The molecule has 1 aliphatic heterocycles. The van der Waals surface area contributed by atoms with Crippen LogP contribution in [0.4, 0.5) is 0 Å². The van der Waals surface area contributed by atoms with Gasteiger partial charge in [-0.2, -0.15) is 4.98 Å². The van der Waals surface area contributed by atoms with Crippen LogP contribution in [0.2, 0.25) is 0 Å². The molecule has 0 bridgehead atoms. The van der Waals surface area contributed by atoms with Crippen LogP contribution in [-0.2, 0) is 15.9 Å². The number of ether oxygens (including phenoxy) is 2. The van der Waals surface area contributed by atoms with Gasteiger partial charge >= 0.3 is 0 Å². The van der Waals surface area contributed by atoms with Gasteiger partial charge in [-0.1, -0.05) is 12.1 Å². The standard InChI is InChI=1S/C13H23N3O3/c1-2-7-17-9-11(14)13-15-12(19-16-13)6-5-10-4-3-8-18-10/h10-11H,2-9,14H2,1H3. The molecule has 19 heavy (non-hydrogen) atoms. The smallest absolute Gasteiger partial charge is 0.226 e. The molecule has 0 saturated carbocycles. The Labute approximate surface area is 113 Å². The summed E-state index contributed by atoms with van der Waals surface area (Å²) in [5, 5.41) is 3.91. The Kier molecular flexibility index (Phi) is 5.75. The molecule has 2 unspecified atom stereocenters. The van der Waals surface area contributed by atoms with Gasteiger partial charge in [0.2, 0.25) is 5.89 Å². The van der Waals surface area contributed by atoms with Crippen LogP contribution in [0.5, 0.6) is 0 Å². The normalized spacial score (nSPS) is 20.8. The quantitative estimate of drug-likeness (QED) is 0.722. The third-order valence-corrected chi connectivity index (χ3v) is 3.17. The van der Waals surface area contributed by atoms with Crippen molar-refractivity contribution in [1.29, 1.82) is 0 Å². The van der Waals surface area contributed by atoms with E-state index in [2.05, 4.69) is 17.1 Å². The molecule has 2 rings (SSSR count). The van der Waals surface area contributed by atoms with Crippen molar-refractivity contribution in [3.8, 4) is 0 Å². The van der Waals surface area contributed by atoms with Gasteiger partial charge in [-0.25, -0.2) is 0 Å². The van der Waals surface area contributed by atoms with E-state index >= 15 is 0 Å². The molecule has 2 N–H and O–H groups in total. The number of hydrogen-bond donors (Lipinski definition) is 1. The summed E-state index contributed by atoms with van der Waals surface area (Å²) >= 11 is 0. The minimum absolute atomic E-state index is 0.313. The second-order valence-corrected chi connectivity index (χ2v) is 4.90. The Morgan fingerprint density at radius 1 is 1.53 bits per heavy atom. The summed E-state index contributed by atoms with van der Waals surface area (Å²) in [6.45, 7) is 4.07. The van der Waals surface area contributed by atoms with Crippen molar-refractivity contribution >= 4 is 0 Å². The zero-order valence-electron chi connectivity index (χ0n) is 11.5. The summed E-state index contributed by atoms with van der Waals surface area (Å²) in [7, 11) is 0. The molecule has 0 aromatic carbocycles. The fraction of sp³-hybridized carbons (Fsp3) is 0.846. The third kappa shape index (κ3) is 4.56. The van der Waals surface area contributed by atoms with Gasteiger partial charge in [0, 0.05) is 19.6 Å². The number of aryl methyl sites for hydroxylation is 1. The lowest BCUT2D eigenvalue weighted by Crippen LogP contribution is -2.19. The first kappa shape index (κ1) is 14.4. The van der Waals surface area contributed by atoms with Crippen LogP contribution in [0.3, 0.4) is 0 Å². The van der Waals surface area contributed by atoms with E-state index in [-0.39, 0.29) is 6.04 Å². The summed E-state index contributed by atoms with van der Waals surface area (Å²) < 4.78 is 16.1. The van der Waals surface area contributed by atoms with Crippen LogP contribution >= 0.6 is 0 Å². The Morgan fingerprint density at radius 2 is 2.42 bits per heavy atom. The van der Waals surface area contributed by atoms with Crippen molar-refractivity contribution in [1.82, 2.24) is 10.1 Å². The van der Waals surface area contributed by atoms with Crippen LogP contribution in [0.25, 0.3) is 0 Å². The molecule has 2 atom stereocenters. The summed E-state index contributed by atoms with van der Waals surface area (Å²) in [5.41, 5.74) is 5.93. The molecule has 0 amide bonds. The van der Waals surface area contributed by atoms with Crippen molar-refractivity contribution in [2.24, 2.45) is 5.73 Å². The molecular formula is C13H23N3O3. The van der Waals surface area contributed by atoms with Gasteiger partial charge in [-0.15, -0.1) is 0 Å². The SMILES string of the molecule is CCCOCC(N)c1noc(CCC2CCCO2)n1. The minimum Gasteiger partial charge on any atom is -0.379 e. The van der Waals surface area contributed by atoms with Crippen LogP contribution in [-0.4, -0.2) is 36.1 Å². The fourth-order valence-electron chi connectivity index (χ4n) is 2.11. The lowest BCUT2D eigenvalue weighted by atomic mass is 10.1. The molecule has 1 aromatic heterocycles. The van der Waals surface area contributed by atoms with Crippen molar-refractivity contribution < 1.29 is 14.0 Å². The monoisotopic (exact) mass is 269 g/mol. The number of hydrogen-bond acceptors (Lipinski definition) is 6. The van der Waals surface area contributed by atoms with E-state index in [0.717, 1.165) is 38.7 Å². The van der Waals surface area contributed by atoms with E-state index in [4.69, 9.17) is 19.7 Å². The molecule has 1 aromatic rings. The molecule has 2 heterocycles. The average Bonchev–Trinajstić information content (AvgIpc) is 3.08. The van der Waals surface area contributed by atoms with Crippen LogP contribution in [0.15, 0.2) is 4.52 Å². The Hall–Kier alpha value is -0.980. The van der Waals surface area contributed by atoms with Gasteiger partial charge in [-0.3, -0.25) is 0 Å². The van der Waals surface area contributed by atoms with E-state index < -0.39 is 0 Å². The van der Waals surface area contributed by atoms with Crippen LogP contribution in [0.1, 0.15) is 50.4 Å². The van der Waals surface area contributed by atoms with Crippen LogP contribution < -0.4 is 5.73 Å². The molecular weight excluding hydrogens is 246 g/mol. The molecule has 1 aliphatic rings. The number of nitrogens with zero attached hydrogens (tertiary/aromatic N) is 2. The second kappa shape index (κ2) is 7.57. The Morgan fingerprint density at radius 3 is 3.16 bits per heavy atom. The zero-order chi connectivity index (χ0) is 13.5. The van der Waals surface area contributed by atoms with E-state index in [9.17, 15) is 0 Å². The molecule has 1 fully saturated rings. The predicted octanol–water partition coefficient (Wildman–Crippen LogP) is 1.61. The third-order valence-electron chi connectivity index (χ3n) is 3.17. The van der Waals surface area contributed by atoms with Gasteiger partial charge in [-0.05, 0) is 25.7 Å². The van der Waals surface area contributed by atoms with Crippen molar-refractivity contribution in [2.75, 3.05) is 19.8 Å². The highest BCUT2D eigenvalue weighted by molar-refractivity contribution is 4.93. The van der Waals surface area contributed by atoms with Gasteiger partial charge in [0.15, 0.2) is 5.82 Å². The lowest BCUT2D eigenvalue weighted by molar-refractivity contribution is 0.102. The Balaban J connectivity index is 1.74. The number of nitrogens with two attached hydrogens (primary N) is 1. The van der Waals surface area contributed by atoms with Crippen molar-refractivity contribution in [3.05, 3.63) is 11.7 Å².